The molecule has 1 aliphatic rings. The highest BCUT2D eigenvalue weighted by molar-refractivity contribution is 5.92. The van der Waals surface area contributed by atoms with Crippen molar-refractivity contribution in [3.05, 3.63) is 40.9 Å². The molecule has 6 nitrogen and oxygen atoms in total. The molecule has 128 valence electrons. The summed E-state index contributed by atoms with van der Waals surface area (Å²) >= 11 is 0. The number of urea groups is 1. The van der Waals surface area contributed by atoms with Gasteiger partial charge in [-0.15, -0.1) is 0 Å². The number of aryl methyl sites for hydroxylation is 1. The van der Waals surface area contributed by atoms with Gasteiger partial charge in [0.2, 0.25) is 0 Å². The maximum atomic E-state index is 12.5. The average molecular weight is 329 g/mol. The van der Waals surface area contributed by atoms with Crippen LogP contribution in [0.1, 0.15) is 33.1 Å². The summed E-state index contributed by atoms with van der Waals surface area (Å²) in [6, 6.07) is 5.33. The number of fused-ring (bicyclic) bond motifs is 1. The molecule has 0 radical (unpaired) electrons. The van der Waals surface area contributed by atoms with Crippen molar-refractivity contribution in [3.8, 4) is 0 Å². The van der Waals surface area contributed by atoms with Crippen molar-refractivity contribution in [2.24, 2.45) is 0 Å². The first kappa shape index (κ1) is 16.4. The van der Waals surface area contributed by atoms with E-state index in [1.54, 1.807) is 22.8 Å². The molecule has 1 aromatic carbocycles. The molecule has 0 saturated carbocycles. The lowest BCUT2D eigenvalue weighted by atomic mass is 10.1. The number of amides is 2. The van der Waals surface area contributed by atoms with Crippen LogP contribution in [0.25, 0.3) is 11.1 Å². The van der Waals surface area contributed by atoms with Crippen LogP contribution in [-0.2, 0) is 6.54 Å². The minimum absolute atomic E-state index is 0.127. The average Bonchev–Trinajstić information content (AvgIpc) is 3.15. The highest BCUT2D eigenvalue weighted by Crippen LogP contribution is 2.21. The molecule has 2 aromatic rings. The first-order valence-corrected chi connectivity index (χ1v) is 8.51. The summed E-state index contributed by atoms with van der Waals surface area (Å²) in [5.74, 6) is -0.376. The summed E-state index contributed by atoms with van der Waals surface area (Å²) in [7, 11) is 0. The second kappa shape index (κ2) is 6.95. The van der Waals surface area contributed by atoms with E-state index in [1.807, 2.05) is 17.9 Å². The Kier molecular flexibility index (Phi) is 4.74. The van der Waals surface area contributed by atoms with Gasteiger partial charge in [-0.2, -0.15) is 0 Å². The van der Waals surface area contributed by atoms with Gasteiger partial charge in [0.1, 0.15) is 0 Å². The summed E-state index contributed by atoms with van der Waals surface area (Å²) < 4.78 is 6.80. The summed E-state index contributed by atoms with van der Waals surface area (Å²) in [5.41, 5.74) is 1.86. The van der Waals surface area contributed by atoms with Gasteiger partial charge in [-0.3, -0.25) is 4.57 Å². The normalized spacial score (nSPS) is 16.9. The van der Waals surface area contributed by atoms with Gasteiger partial charge < -0.3 is 14.6 Å². The number of benzene rings is 1. The molecule has 1 N–H and O–H groups in total. The Hall–Kier alpha value is -2.50. The van der Waals surface area contributed by atoms with Gasteiger partial charge in [-0.25, -0.2) is 9.59 Å². The standard InChI is InChI=1S/C18H23N3O3/c1-3-5-7-14-8-6-11-21(14)17(22)19-13-9-10-15-16(12-13)24-18(23)20(15)4-2/h6,8-10,12,14H,3-5,7,11H2,1-2H3,(H,19,22)/t14-/m0/s1. The number of nitrogens with zero attached hydrogens (tertiary/aromatic N) is 2. The van der Waals surface area contributed by atoms with E-state index in [2.05, 4.69) is 18.3 Å². The van der Waals surface area contributed by atoms with E-state index >= 15 is 0 Å². The number of oxazole rings is 1. The van der Waals surface area contributed by atoms with Crippen molar-refractivity contribution >= 4 is 22.8 Å². The highest BCUT2D eigenvalue weighted by Gasteiger charge is 2.24. The fraction of sp³-hybridized carbons (Fsp3) is 0.444. The Labute approximate surface area is 140 Å². The van der Waals surface area contributed by atoms with E-state index < -0.39 is 0 Å². The molecule has 1 aromatic heterocycles. The molecule has 3 rings (SSSR count). The molecule has 2 heterocycles. The van der Waals surface area contributed by atoms with Gasteiger partial charge in [0, 0.05) is 24.8 Å². The van der Waals surface area contributed by atoms with Gasteiger partial charge in [0.15, 0.2) is 5.58 Å². The van der Waals surface area contributed by atoms with E-state index in [4.69, 9.17) is 4.42 Å². The number of rotatable bonds is 5. The molecular weight excluding hydrogens is 306 g/mol. The maximum absolute atomic E-state index is 12.5. The lowest BCUT2D eigenvalue weighted by Crippen LogP contribution is -2.39. The minimum Gasteiger partial charge on any atom is -0.408 e. The number of carbonyl (C=O) groups excluding carboxylic acids is 1. The summed E-state index contributed by atoms with van der Waals surface area (Å²) in [4.78, 5) is 26.1. The summed E-state index contributed by atoms with van der Waals surface area (Å²) in [6.45, 7) is 5.22. The number of anilines is 1. The molecule has 0 unspecified atom stereocenters. The number of hydrogen-bond donors (Lipinski definition) is 1. The third-order valence-electron chi connectivity index (χ3n) is 4.41. The van der Waals surface area contributed by atoms with Crippen molar-refractivity contribution in [1.29, 1.82) is 0 Å². The second-order valence-corrected chi connectivity index (χ2v) is 6.01. The van der Waals surface area contributed by atoms with Crippen LogP contribution >= 0.6 is 0 Å². The largest absolute Gasteiger partial charge is 0.419 e. The van der Waals surface area contributed by atoms with E-state index in [1.165, 1.54) is 0 Å². The van der Waals surface area contributed by atoms with Crippen molar-refractivity contribution < 1.29 is 9.21 Å². The zero-order valence-electron chi connectivity index (χ0n) is 14.1. The second-order valence-electron chi connectivity index (χ2n) is 6.01. The third kappa shape index (κ3) is 3.09. The lowest BCUT2D eigenvalue weighted by Gasteiger charge is -2.24. The van der Waals surface area contributed by atoms with Gasteiger partial charge in [0.25, 0.3) is 0 Å². The zero-order chi connectivity index (χ0) is 17.1. The smallest absolute Gasteiger partial charge is 0.408 e. The van der Waals surface area contributed by atoms with E-state index in [0.29, 0.717) is 24.4 Å². The molecule has 0 spiro atoms. The number of nitrogens with one attached hydrogen (secondary N) is 1. The SMILES string of the molecule is CCCC[C@H]1C=CCN1C(=O)Nc1ccc2c(c1)oc(=O)n2CC. The van der Waals surface area contributed by atoms with Crippen LogP contribution in [0.15, 0.2) is 39.6 Å². The van der Waals surface area contributed by atoms with Gasteiger partial charge in [-0.1, -0.05) is 31.9 Å². The number of carbonyl (C=O) groups is 1. The van der Waals surface area contributed by atoms with Crippen LogP contribution in [0, 0.1) is 0 Å². The molecule has 0 bridgehead atoms. The molecule has 24 heavy (non-hydrogen) atoms. The van der Waals surface area contributed by atoms with Crippen LogP contribution in [0.3, 0.4) is 0 Å². The molecule has 2 amide bonds. The maximum Gasteiger partial charge on any atom is 0.419 e. The molecule has 1 aliphatic heterocycles. The first-order chi connectivity index (χ1) is 11.6. The Morgan fingerprint density at radius 1 is 1.38 bits per heavy atom. The fourth-order valence-corrected chi connectivity index (χ4v) is 3.11. The Bertz CT molecular complexity index is 819. The van der Waals surface area contributed by atoms with Crippen LogP contribution in [0.5, 0.6) is 0 Å². The molecule has 6 heteroatoms. The van der Waals surface area contributed by atoms with Gasteiger partial charge in [-0.05, 0) is 25.5 Å². The zero-order valence-corrected chi connectivity index (χ0v) is 14.1. The van der Waals surface area contributed by atoms with E-state index in [-0.39, 0.29) is 17.8 Å². The Balaban J connectivity index is 1.74. The van der Waals surface area contributed by atoms with Crippen LogP contribution in [0.4, 0.5) is 10.5 Å². The van der Waals surface area contributed by atoms with Crippen molar-refractivity contribution in [2.45, 2.75) is 45.7 Å². The van der Waals surface area contributed by atoms with Crippen molar-refractivity contribution in [2.75, 3.05) is 11.9 Å². The fourth-order valence-electron chi connectivity index (χ4n) is 3.11. The Morgan fingerprint density at radius 2 is 2.21 bits per heavy atom. The first-order valence-electron chi connectivity index (χ1n) is 8.51. The molecular formula is C18H23N3O3. The Morgan fingerprint density at radius 3 is 2.96 bits per heavy atom. The van der Waals surface area contributed by atoms with Crippen LogP contribution in [-0.4, -0.2) is 28.1 Å². The summed E-state index contributed by atoms with van der Waals surface area (Å²) in [6.07, 6.45) is 7.32. The van der Waals surface area contributed by atoms with E-state index in [0.717, 1.165) is 24.8 Å². The number of unbranched alkanes of at least 4 members (excludes halogenated alkanes) is 1. The lowest BCUT2D eigenvalue weighted by molar-refractivity contribution is 0.208. The van der Waals surface area contributed by atoms with Crippen LogP contribution in [0.2, 0.25) is 0 Å². The predicted molar refractivity (Wildman–Crippen MR) is 94.3 cm³/mol. The van der Waals surface area contributed by atoms with Crippen molar-refractivity contribution in [1.82, 2.24) is 9.47 Å². The highest BCUT2D eigenvalue weighted by atomic mass is 16.4. The quantitative estimate of drug-likeness (QED) is 0.853. The molecule has 0 aliphatic carbocycles. The number of hydrogen-bond acceptors (Lipinski definition) is 3. The van der Waals surface area contributed by atoms with Gasteiger partial charge >= 0.3 is 11.8 Å². The monoisotopic (exact) mass is 329 g/mol. The van der Waals surface area contributed by atoms with Crippen molar-refractivity contribution in [3.63, 3.8) is 0 Å². The molecule has 0 fully saturated rings. The topological polar surface area (TPSA) is 67.5 Å². The van der Waals surface area contributed by atoms with E-state index in [9.17, 15) is 9.59 Å². The third-order valence-corrected chi connectivity index (χ3v) is 4.41. The van der Waals surface area contributed by atoms with Crippen LogP contribution < -0.4 is 11.1 Å². The predicted octanol–water partition coefficient (Wildman–Crippen LogP) is 3.58. The molecule has 1 atom stereocenters. The van der Waals surface area contributed by atoms with Gasteiger partial charge in [0.05, 0.1) is 11.6 Å². The number of aromatic nitrogens is 1. The summed E-state index contributed by atoms with van der Waals surface area (Å²) in [5, 5.41) is 2.90. The molecule has 0 saturated heterocycles. The minimum atomic E-state index is -0.376.